The lowest BCUT2D eigenvalue weighted by Gasteiger charge is -2.32. The average Bonchev–Trinajstić information content (AvgIpc) is 2.56. The molecule has 7 nitrogen and oxygen atoms in total. The van der Waals surface area contributed by atoms with Gasteiger partial charge in [-0.3, -0.25) is 4.79 Å². The lowest BCUT2D eigenvalue weighted by Crippen LogP contribution is -2.53. The lowest BCUT2D eigenvalue weighted by atomic mass is 9.91. The van der Waals surface area contributed by atoms with Crippen molar-refractivity contribution < 1.29 is 26.4 Å². The third kappa shape index (κ3) is 7.10. The van der Waals surface area contributed by atoms with Gasteiger partial charge in [-0.15, -0.1) is 0 Å². The number of pyridine rings is 1. The van der Waals surface area contributed by atoms with Crippen molar-refractivity contribution in [2.75, 3.05) is 18.1 Å². The number of carbonyl (C=O) groups is 1. The molecular weight excluding hydrogens is 421 g/mol. The summed E-state index contributed by atoms with van der Waals surface area (Å²) in [6.45, 7) is 0.112. The van der Waals surface area contributed by atoms with Crippen molar-refractivity contribution >= 4 is 33.3 Å². The summed E-state index contributed by atoms with van der Waals surface area (Å²) in [5.41, 5.74) is -0.956. The molecule has 1 aliphatic rings. The molecule has 1 aromatic heterocycles. The molecule has 0 saturated heterocycles. The largest absolute Gasteiger partial charge is 0.417 e. The van der Waals surface area contributed by atoms with E-state index >= 15 is 0 Å². The first-order valence-corrected chi connectivity index (χ1v) is 11.0. The smallest absolute Gasteiger partial charge is 0.368 e. The van der Waals surface area contributed by atoms with Gasteiger partial charge in [-0.1, -0.05) is 24.4 Å². The number of nitrogens with one attached hydrogen (secondary N) is 3. The standard InChI is InChI=1S/C16H22ClF3N4O3S/c1-28(26,27)24-13-5-3-2-4-12(13)23-14(25)6-7-21-15-11(17)8-10(9-22-15)16(18,19)20/h8-9,12-13,24H,2-7H2,1H3,(H,21,22)(H,23,25)/t12-,13-/m1/s1. The van der Waals surface area contributed by atoms with Crippen LogP contribution in [0.1, 0.15) is 37.7 Å². The van der Waals surface area contributed by atoms with Crippen LogP contribution in [0.15, 0.2) is 12.3 Å². The average molecular weight is 443 g/mol. The Morgan fingerprint density at radius 1 is 1.29 bits per heavy atom. The number of nitrogens with zero attached hydrogens (tertiary/aromatic N) is 1. The molecular formula is C16H22ClF3N4O3S. The van der Waals surface area contributed by atoms with E-state index in [4.69, 9.17) is 11.6 Å². The number of rotatable bonds is 7. The maximum Gasteiger partial charge on any atom is 0.417 e. The molecule has 1 fully saturated rings. The molecule has 0 radical (unpaired) electrons. The van der Waals surface area contributed by atoms with Crippen molar-refractivity contribution in [1.82, 2.24) is 15.0 Å². The Morgan fingerprint density at radius 2 is 1.93 bits per heavy atom. The third-order valence-electron chi connectivity index (χ3n) is 4.29. The zero-order valence-corrected chi connectivity index (χ0v) is 16.7. The number of sulfonamides is 1. The normalized spacial score (nSPS) is 20.6. The summed E-state index contributed by atoms with van der Waals surface area (Å²) in [5.74, 6) is -0.250. The van der Waals surface area contributed by atoms with Crippen LogP contribution in [0.2, 0.25) is 5.02 Å². The Labute approximate surface area is 166 Å². The molecule has 0 unspecified atom stereocenters. The Kier molecular flexibility index (Phi) is 7.52. The zero-order valence-electron chi connectivity index (χ0n) is 15.1. The first-order valence-electron chi connectivity index (χ1n) is 8.69. The second kappa shape index (κ2) is 9.27. The van der Waals surface area contributed by atoms with Crippen LogP contribution < -0.4 is 15.4 Å². The lowest BCUT2D eigenvalue weighted by molar-refractivity contribution is -0.137. The molecule has 158 valence electrons. The molecule has 0 spiro atoms. The van der Waals surface area contributed by atoms with E-state index in [0.717, 1.165) is 25.2 Å². The highest BCUT2D eigenvalue weighted by Gasteiger charge is 2.31. The first-order chi connectivity index (χ1) is 13.0. The molecule has 1 aliphatic carbocycles. The van der Waals surface area contributed by atoms with Crippen LogP contribution in [0.5, 0.6) is 0 Å². The van der Waals surface area contributed by atoms with Crippen LogP contribution in [-0.4, -0.2) is 44.2 Å². The van der Waals surface area contributed by atoms with Gasteiger partial charge >= 0.3 is 6.18 Å². The molecule has 0 aromatic carbocycles. The number of halogens is 4. The Balaban J connectivity index is 1.85. The highest BCUT2D eigenvalue weighted by molar-refractivity contribution is 7.88. The van der Waals surface area contributed by atoms with Gasteiger partial charge in [0.1, 0.15) is 5.82 Å². The molecule has 2 rings (SSSR count). The summed E-state index contributed by atoms with van der Waals surface area (Å²) >= 11 is 5.80. The summed E-state index contributed by atoms with van der Waals surface area (Å²) in [5, 5.41) is 5.35. The highest BCUT2D eigenvalue weighted by atomic mass is 35.5. The number of alkyl halides is 3. The van der Waals surface area contributed by atoms with Crippen LogP contribution in [-0.2, 0) is 21.0 Å². The number of carbonyl (C=O) groups excluding carboxylic acids is 1. The number of amides is 1. The SMILES string of the molecule is CS(=O)(=O)N[C@@H]1CCCC[C@H]1NC(=O)CCNc1ncc(C(F)(F)F)cc1Cl. The molecule has 1 amide bonds. The molecule has 1 saturated carbocycles. The van der Waals surface area contributed by atoms with Gasteiger partial charge in [0.25, 0.3) is 0 Å². The summed E-state index contributed by atoms with van der Waals surface area (Å²) < 4.78 is 63.3. The number of anilines is 1. The number of hydrogen-bond acceptors (Lipinski definition) is 5. The predicted octanol–water partition coefficient (Wildman–Crippen LogP) is 2.53. The maximum atomic E-state index is 12.6. The fourth-order valence-corrected chi connectivity index (χ4v) is 4.08. The van der Waals surface area contributed by atoms with Crippen molar-refractivity contribution in [3.63, 3.8) is 0 Å². The van der Waals surface area contributed by atoms with E-state index in [-0.39, 0.29) is 41.8 Å². The van der Waals surface area contributed by atoms with Crippen LogP contribution >= 0.6 is 11.6 Å². The van der Waals surface area contributed by atoms with Crippen LogP contribution in [0, 0.1) is 0 Å². The number of aromatic nitrogens is 1. The van der Waals surface area contributed by atoms with Crippen molar-refractivity contribution in [1.29, 1.82) is 0 Å². The Morgan fingerprint density at radius 3 is 2.50 bits per heavy atom. The monoisotopic (exact) mass is 442 g/mol. The molecule has 0 bridgehead atoms. The minimum absolute atomic E-state index is 0.0289. The van der Waals surface area contributed by atoms with E-state index in [1.807, 2.05) is 0 Å². The van der Waals surface area contributed by atoms with Crippen molar-refractivity contribution in [2.45, 2.75) is 50.4 Å². The van der Waals surface area contributed by atoms with Crippen LogP contribution in [0.25, 0.3) is 0 Å². The summed E-state index contributed by atoms with van der Waals surface area (Å²) in [6, 6.07) is 0.107. The van der Waals surface area contributed by atoms with Gasteiger partial charge in [0.05, 0.1) is 16.8 Å². The maximum absolute atomic E-state index is 12.6. The van der Waals surface area contributed by atoms with Gasteiger partial charge in [-0.05, 0) is 18.9 Å². The van der Waals surface area contributed by atoms with E-state index in [9.17, 15) is 26.4 Å². The van der Waals surface area contributed by atoms with Gasteiger partial charge in [0, 0.05) is 31.2 Å². The third-order valence-corrected chi connectivity index (χ3v) is 5.31. The molecule has 1 aromatic rings. The summed E-state index contributed by atoms with van der Waals surface area (Å²) in [7, 11) is -3.38. The second-order valence-corrected chi connectivity index (χ2v) is 8.87. The summed E-state index contributed by atoms with van der Waals surface area (Å²) in [6.07, 6.45) is 0.297. The Bertz CT molecular complexity index is 805. The van der Waals surface area contributed by atoms with E-state index in [1.54, 1.807) is 0 Å². The topological polar surface area (TPSA) is 100 Å². The molecule has 0 aliphatic heterocycles. The fourth-order valence-electron chi connectivity index (χ4n) is 3.02. The Hall–Kier alpha value is -1.59. The van der Waals surface area contributed by atoms with E-state index in [0.29, 0.717) is 19.0 Å². The van der Waals surface area contributed by atoms with E-state index < -0.39 is 21.8 Å². The molecule has 2 atom stereocenters. The quantitative estimate of drug-likeness (QED) is 0.602. The molecule has 12 heteroatoms. The molecule has 1 heterocycles. The van der Waals surface area contributed by atoms with E-state index in [1.165, 1.54) is 0 Å². The first kappa shape index (κ1) is 22.7. The van der Waals surface area contributed by atoms with Gasteiger partial charge in [-0.25, -0.2) is 18.1 Å². The van der Waals surface area contributed by atoms with Crippen molar-refractivity contribution in [3.8, 4) is 0 Å². The minimum Gasteiger partial charge on any atom is -0.368 e. The molecule has 3 N–H and O–H groups in total. The fraction of sp³-hybridized carbons (Fsp3) is 0.625. The van der Waals surface area contributed by atoms with Gasteiger partial charge in [-0.2, -0.15) is 13.2 Å². The van der Waals surface area contributed by atoms with Crippen molar-refractivity contribution in [3.05, 3.63) is 22.8 Å². The van der Waals surface area contributed by atoms with Crippen molar-refractivity contribution in [2.24, 2.45) is 0 Å². The number of hydrogen-bond donors (Lipinski definition) is 3. The predicted molar refractivity (Wildman–Crippen MR) is 99.5 cm³/mol. The van der Waals surface area contributed by atoms with Gasteiger partial charge in [0.2, 0.25) is 15.9 Å². The van der Waals surface area contributed by atoms with Gasteiger partial charge in [0.15, 0.2) is 0 Å². The van der Waals surface area contributed by atoms with E-state index in [2.05, 4.69) is 20.3 Å². The molecule has 28 heavy (non-hydrogen) atoms. The van der Waals surface area contributed by atoms with Crippen LogP contribution in [0.4, 0.5) is 19.0 Å². The zero-order chi connectivity index (χ0) is 20.9. The second-order valence-electron chi connectivity index (χ2n) is 6.68. The minimum atomic E-state index is -4.54. The van der Waals surface area contributed by atoms with Gasteiger partial charge < -0.3 is 10.6 Å². The van der Waals surface area contributed by atoms with Crippen LogP contribution in [0.3, 0.4) is 0 Å². The highest BCUT2D eigenvalue weighted by Crippen LogP contribution is 2.32. The summed E-state index contributed by atoms with van der Waals surface area (Å²) in [4.78, 5) is 15.8.